The maximum atomic E-state index is 13.0. The Kier molecular flexibility index (Phi) is 3.97. The number of benzene rings is 2. The minimum atomic E-state index is -4.18. The van der Waals surface area contributed by atoms with Gasteiger partial charge < -0.3 is 5.32 Å². The molecule has 2 aliphatic carbocycles. The van der Waals surface area contributed by atoms with Crippen molar-refractivity contribution in [3.8, 4) is 0 Å². The summed E-state index contributed by atoms with van der Waals surface area (Å²) < 4.78 is 38.9. The van der Waals surface area contributed by atoms with E-state index in [1.54, 1.807) is 0 Å². The summed E-state index contributed by atoms with van der Waals surface area (Å²) in [6.07, 6.45) is -0.960. The van der Waals surface area contributed by atoms with E-state index in [1.165, 1.54) is 11.1 Å². The molecular formula is C20H20F3NO. The molecule has 2 atom stereocenters. The molecule has 132 valence electrons. The lowest BCUT2D eigenvalue weighted by Gasteiger charge is -2.31. The van der Waals surface area contributed by atoms with Crippen LogP contribution in [-0.2, 0) is 12.8 Å². The van der Waals surface area contributed by atoms with Gasteiger partial charge in [-0.25, -0.2) is 0 Å². The number of carbonyl (C=O) groups is 1. The molecule has 2 aliphatic rings. The van der Waals surface area contributed by atoms with E-state index in [4.69, 9.17) is 0 Å². The molecule has 0 saturated heterocycles. The molecule has 0 bridgehead atoms. The van der Waals surface area contributed by atoms with Crippen LogP contribution < -0.4 is 5.32 Å². The normalized spacial score (nSPS) is 23.0. The quantitative estimate of drug-likeness (QED) is 0.831. The predicted molar refractivity (Wildman–Crippen MR) is 90.6 cm³/mol. The summed E-state index contributed by atoms with van der Waals surface area (Å²) in [6, 6.07) is 9.34. The molecule has 1 saturated carbocycles. The number of amides is 1. The topological polar surface area (TPSA) is 29.1 Å². The highest BCUT2D eigenvalue weighted by Gasteiger charge is 2.42. The van der Waals surface area contributed by atoms with Crippen LogP contribution in [0.2, 0.25) is 0 Å². The molecule has 1 amide bonds. The Bertz CT molecular complexity index is 817. The van der Waals surface area contributed by atoms with E-state index in [0.29, 0.717) is 18.4 Å². The number of nitrogens with one attached hydrogen (secondary N) is 1. The average molecular weight is 347 g/mol. The van der Waals surface area contributed by atoms with Gasteiger partial charge in [0.25, 0.3) is 5.91 Å². The zero-order valence-electron chi connectivity index (χ0n) is 13.8. The van der Waals surface area contributed by atoms with Gasteiger partial charge in [0.05, 0.1) is 5.92 Å². The van der Waals surface area contributed by atoms with Gasteiger partial charge in [-0.15, -0.1) is 0 Å². The Morgan fingerprint density at radius 2 is 1.80 bits per heavy atom. The third kappa shape index (κ3) is 3.00. The van der Waals surface area contributed by atoms with Crippen molar-refractivity contribution in [1.29, 1.82) is 0 Å². The van der Waals surface area contributed by atoms with Crippen LogP contribution >= 0.6 is 0 Å². The first-order valence-corrected chi connectivity index (χ1v) is 8.84. The maximum absolute atomic E-state index is 13.0. The zero-order valence-corrected chi connectivity index (χ0v) is 13.8. The van der Waals surface area contributed by atoms with E-state index < -0.39 is 18.1 Å². The zero-order chi connectivity index (χ0) is 17.6. The molecule has 2 nitrogen and oxygen atoms in total. The molecule has 25 heavy (non-hydrogen) atoms. The predicted octanol–water partition coefficient (Wildman–Crippen LogP) is 4.79. The van der Waals surface area contributed by atoms with Crippen LogP contribution in [0.25, 0.3) is 10.8 Å². The van der Waals surface area contributed by atoms with Gasteiger partial charge in [0.2, 0.25) is 0 Å². The van der Waals surface area contributed by atoms with Crippen LogP contribution in [0.5, 0.6) is 0 Å². The van der Waals surface area contributed by atoms with Crippen LogP contribution in [0.3, 0.4) is 0 Å². The van der Waals surface area contributed by atoms with Crippen LogP contribution in [0.4, 0.5) is 13.2 Å². The van der Waals surface area contributed by atoms with Crippen molar-refractivity contribution >= 4 is 16.7 Å². The number of halogens is 3. The molecule has 5 heteroatoms. The molecule has 2 aromatic rings. The van der Waals surface area contributed by atoms with Gasteiger partial charge in [0, 0.05) is 11.6 Å². The molecule has 0 aliphatic heterocycles. The monoisotopic (exact) mass is 347 g/mol. The fraction of sp³-hybridized carbons (Fsp3) is 0.450. The second-order valence-electron chi connectivity index (χ2n) is 7.19. The van der Waals surface area contributed by atoms with Gasteiger partial charge in [-0.05, 0) is 60.1 Å². The van der Waals surface area contributed by atoms with Crippen LogP contribution in [0, 0.1) is 5.92 Å². The lowest BCUT2D eigenvalue weighted by atomic mass is 9.85. The van der Waals surface area contributed by atoms with E-state index >= 15 is 0 Å². The van der Waals surface area contributed by atoms with Crippen LogP contribution in [-0.4, -0.2) is 18.1 Å². The molecule has 0 aromatic heterocycles. The van der Waals surface area contributed by atoms with Crippen molar-refractivity contribution < 1.29 is 18.0 Å². The third-order valence-corrected chi connectivity index (χ3v) is 5.59. The summed E-state index contributed by atoms with van der Waals surface area (Å²) in [5, 5.41) is 4.91. The smallest absolute Gasteiger partial charge is 0.349 e. The fourth-order valence-corrected chi connectivity index (χ4v) is 4.33. The molecule has 1 fully saturated rings. The Hall–Kier alpha value is -2.04. The summed E-state index contributed by atoms with van der Waals surface area (Å²) in [5.74, 6) is -1.57. The Labute approximate surface area is 144 Å². The summed E-state index contributed by atoms with van der Waals surface area (Å²) in [6.45, 7) is 0. The lowest BCUT2D eigenvalue weighted by molar-refractivity contribution is -0.183. The van der Waals surface area contributed by atoms with Gasteiger partial charge in [0.1, 0.15) is 0 Å². The number of aryl methyl sites for hydroxylation is 2. The van der Waals surface area contributed by atoms with E-state index in [9.17, 15) is 18.0 Å². The Balaban J connectivity index is 1.57. The molecule has 0 radical (unpaired) electrons. The second kappa shape index (κ2) is 6.04. The molecule has 1 N–H and O–H groups in total. The van der Waals surface area contributed by atoms with E-state index in [1.807, 2.05) is 24.3 Å². The van der Waals surface area contributed by atoms with Gasteiger partial charge in [0.15, 0.2) is 0 Å². The third-order valence-electron chi connectivity index (χ3n) is 5.59. The highest BCUT2D eigenvalue weighted by Crippen LogP contribution is 2.38. The maximum Gasteiger partial charge on any atom is 0.391 e. The summed E-state index contributed by atoms with van der Waals surface area (Å²) >= 11 is 0. The number of carbonyl (C=O) groups excluding carboxylic acids is 1. The fourth-order valence-electron chi connectivity index (χ4n) is 4.33. The SMILES string of the molecule is O=C(NC1CCCC(C(F)(F)F)C1)c1ccc2c3c(cccc13)CC2. The first-order chi connectivity index (χ1) is 11.9. The first-order valence-electron chi connectivity index (χ1n) is 8.84. The molecule has 4 rings (SSSR count). The lowest BCUT2D eigenvalue weighted by Crippen LogP contribution is -2.41. The minimum Gasteiger partial charge on any atom is -0.349 e. The Morgan fingerprint density at radius 3 is 2.56 bits per heavy atom. The highest BCUT2D eigenvalue weighted by molar-refractivity contribution is 6.09. The van der Waals surface area contributed by atoms with Crippen molar-refractivity contribution in [2.75, 3.05) is 0 Å². The van der Waals surface area contributed by atoms with Gasteiger partial charge in [-0.1, -0.05) is 30.7 Å². The van der Waals surface area contributed by atoms with E-state index in [0.717, 1.165) is 23.6 Å². The van der Waals surface area contributed by atoms with E-state index in [2.05, 4.69) is 11.4 Å². The molecule has 0 heterocycles. The van der Waals surface area contributed by atoms with Gasteiger partial charge in [-0.3, -0.25) is 4.79 Å². The van der Waals surface area contributed by atoms with Crippen molar-refractivity contribution in [2.45, 2.75) is 50.7 Å². The molecular weight excluding hydrogens is 327 g/mol. The van der Waals surface area contributed by atoms with Crippen LogP contribution in [0.15, 0.2) is 30.3 Å². The Morgan fingerprint density at radius 1 is 1.04 bits per heavy atom. The second-order valence-corrected chi connectivity index (χ2v) is 7.19. The van der Waals surface area contributed by atoms with E-state index in [-0.39, 0.29) is 18.7 Å². The molecule has 0 spiro atoms. The van der Waals surface area contributed by atoms with Crippen LogP contribution in [0.1, 0.15) is 47.2 Å². The summed E-state index contributed by atoms with van der Waals surface area (Å²) in [7, 11) is 0. The van der Waals surface area contributed by atoms with Crippen molar-refractivity contribution in [3.05, 3.63) is 47.0 Å². The van der Waals surface area contributed by atoms with Gasteiger partial charge in [-0.2, -0.15) is 13.2 Å². The number of hydrogen-bond acceptors (Lipinski definition) is 1. The number of alkyl halides is 3. The average Bonchev–Trinajstić information content (AvgIpc) is 3.00. The first kappa shape index (κ1) is 16.4. The number of rotatable bonds is 2. The van der Waals surface area contributed by atoms with Crippen molar-refractivity contribution in [2.24, 2.45) is 5.92 Å². The van der Waals surface area contributed by atoms with Crippen molar-refractivity contribution in [3.63, 3.8) is 0 Å². The summed E-state index contributed by atoms with van der Waals surface area (Å²) in [4.78, 5) is 12.7. The molecule has 2 unspecified atom stereocenters. The largest absolute Gasteiger partial charge is 0.391 e. The minimum absolute atomic E-state index is 0.0174. The standard InChI is InChI=1S/C20H20F3NO/c21-20(22,23)14-4-2-5-15(11-14)24-19(25)17-10-9-13-8-7-12-3-1-6-16(17)18(12)13/h1,3,6,9-10,14-15H,2,4-5,7-8,11H2,(H,24,25). The molecule has 2 aromatic carbocycles. The highest BCUT2D eigenvalue weighted by atomic mass is 19.4. The van der Waals surface area contributed by atoms with Crippen molar-refractivity contribution in [1.82, 2.24) is 5.32 Å². The van der Waals surface area contributed by atoms with Gasteiger partial charge >= 0.3 is 6.18 Å². The number of hydrogen-bond donors (Lipinski definition) is 1. The summed E-state index contributed by atoms with van der Waals surface area (Å²) in [5.41, 5.74) is 3.06.